The number of rotatable bonds is 10. The van der Waals surface area contributed by atoms with Crippen LogP contribution in [0.15, 0.2) is 12.3 Å². The molecule has 0 bridgehead atoms. The van der Waals surface area contributed by atoms with E-state index in [2.05, 4.69) is 63.8 Å². The lowest BCUT2D eigenvalue weighted by molar-refractivity contribution is 0.471. The number of aromatic nitrogens is 2. The Morgan fingerprint density at radius 2 is 2.11 bits per heavy atom. The van der Waals surface area contributed by atoms with Gasteiger partial charge in [-0.2, -0.15) is 5.10 Å². The largest absolute Gasteiger partial charge is 0.311 e. The average molecular weight is 363 g/mol. The van der Waals surface area contributed by atoms with Crippen molar-refractivity contribution < 1.29 is 0 Å². The first kappa shape index (κ1) is 16.0. The molecule has 18 heavy (non-hydrogen) atoms. The summed E-state index contributed by atoms with van der Waals surface area (Å²) in [5.74, 6) is 0. The summed E-state index contributed by atoms with van der Waals surface area (Å²) in [6, 6.07) is 2.63. The van der Waals surface area contributed by atoms with Gasteiger partial charge in [-0.25, -0.2) is 0 Å². The lowest BCUT2D eigenvalue weighted by atomic mass is 10.2. The molecule has 104 valence electrons. The Kier molecular flexibility index (Phi) is 8.67. The summed E-state index contributed by atoms with van der Waals surface area (Å²) in [4.78, 5) is 0. The molecule has 0 aliphatic carbocycles. The highest BCUT2D eigenvalue weighted by atomic mass is 127. The van der Waals surface area contributed by atoms with Crippen LogP contribution in [-0.4, -0.2) is 20.8 Å². The third kappa shape index (κ3) is 6.18. The maximum Gasteiger partial charge on any atom is 0.0762 e. The van der Waals surface area contributed by atoms with Gasteiger partial charge in [0.05, 0.1) is 5.69 Å². The second kappa shape index (κ2) is 9.78. The summed E-state index contributed by atoms with van der Waals surface area (Å²) in [6.07, 6.45) is 8.57. The summed E-state index contributed by atoms with van der Waals surface area (Å²) in [5.41, 5.74) is 1.16. The van der Waals surface area contributed by atoms with E-state index < -0.39 is 0 Å². The van der Waals surface area contributed by atoms with Crippen LogP contribution in [-0.2, 0) is 6.54 Å². The first-order valence-electron chi connectivity index (χ1n) is 7.08. The van der Waals surface area contributed by atoms with Crippen LogP contribution < -0.4 is 5.32 Å². The average Bonchev–Trinajstić information content (AvgIpc) is 2.85. The van der Waals surface area contributed by atoms with Gasteiger partial charge in [0.1, 0.15) is 0 Å². The molecule has 0 aliphatic rings. The molecule has 3 nitrogen and oxygen atoms in total. The minimum absolute atomic E-state index is 0.507. The zero-order valence-electron chi connectivity index (χ0n) is 11.7. The minimum atomic E-state index is 0.507. The molecule has 1 atom stereocenters. The van der Waals surface area contributed by atoms with E-state index in [-0.39, 0.29) is 0 Å². The van der Waals surface area contributed by atoms with Crippen molar-refractivity contribution >= 4 is 22.6 Å². The maximum absolute atomic E-state index is 4.58. The third-order valence-corrected chi connectivity index (χ3v) is 4.01. The molecular weight excluding hydrogens is 337 g/mol. The van der Waals surface area contributed by atoms with Gasteiger partial charge >= 0.3 is 0 Å². The number of hydrogen-bond acceptors (Lipinski definition) is 2. The van der Waals surface area contributed by atoms with E-state index >= 15 is 0 Å². The minimum Gasteiger partial charge on any atom is -0.311 e. The molecule has 1 aromatic heterocycles. The van der Waals surface area contributed by atoms with Gasteiger partial charge in [0.2, 0.25) is 0 Å². The van der Waals surface area contributed by atoms with E-state index in [4.69, 9.17) is 0 Å². The molecule has 0 amide bonds. The molecule has 4 heteroatoms. The van der Waals surface area contributed by atoms with Crippen LogP contribution in [0.25, 0.3) is 0 Å². The summed E-state index contributed by atoms with van der Waals surface area (Å²) in [5, 5.41) is 8.05. The van der Waals surface area contributed by atoms with Gasteiger partial charge in [0.15, 0.2) is 0 Å². The Bertz CT molecular complexity index is 312. The highest BCUT2D eigenvalue weighted by Gasteiger charge is 2.03. The molecule has 0 saturated carbocycles. The number of unbranched alkanes of at least 4 members (excludes halogenated alkanes) is 3. The molecule has 1 rings (SSSR count). The normalized spacial score (nSPS) is 12.8. The van der Waals surface area contributed by atoms with Crippen LogP contribution in [0.4, 0.5) is 0 Å². The molecule has 0 fully saturated rings. The Labute approximate surface area is 125 Å². The molecule has 1 unspecified atom stereocenters. The van der Waals surface area contributed by atoms with Gasteiger partial charge in [-0.15, -0.1) is 0 Å². The Morgan fingerprint density at radius 3 is 2.83 bits per heavy atom. The highest BCUT2D eigenvalue weighted by Crippen LogP contribution is 2.09. The quantitative estimate of drug-likeness (QED) is 0.388. The highest BCUT2D eigenvalue weighted by molar-refractivity contribution is 14.1. The summed E-state index contributed by atoms with van der Waals surface area (Å²) in [7, 11) is 0. The van der Waals surface area contributed by atoms with Crippen LogP contribution >= 0.6 is 22.6 Å². The maximum atomic E-state index is 4.58. The van der Waals surface area contributed by atoms with Crippen molar-refractivity contribution in [3.05, 3.63) is 18.0 Å². The molecule has 1 aromatic rings. The number of nitrogens with one attached hydrogen (secondary N) is 1. The molecule has 0 spiro atoms. The van der Waals surface area contributed by atoms with Crippen LogP contribution in [0.1, 0.15) is 57.7 Å². The molecule has 1 N–H and O–H groups in total. The zero-order chi connectivity index (χ0) is 13.2. The molecule has 0 saturated heterocycles. The zero-order valence-corrected chi connectivity index (χ0v) is 13.8. The lowest BCUT2D eigenvalue weighted by Gasteiger charge is -2.08. The van der Waals surface area contributed by atoms with Gasteiger partial charge in [-0.3, -0.25) is 4.68 Å². The lowest BCUT2D eigenvalue weighted by Crippen LogP contribution is -2.15. The van der Waals surface area contributed by atoms with Crippen LogP contribution in [0.5, 0.6) is 0 Å². The number of halogens is 1. The second-order valence-electron chi connectivity index (χ2n) is 4.82. The van der Waals surface area contributed by atoms with Crippen molar-refractivity contribution in [1.29, 1.82) is 0 Å². The predicted octanol–water partition coefficient (Wildman–Crippen LogP) is 3.94. The van der Waals surface area contributed by atoms with E-state index in [1.807, 2.05) is 0 Å². The SMILES string of the molecule is CCC(C)n1ccc(CNCCCCCCI)n1. The van der Waals surface area contributed by atoms with Crippen molar-refractivity contribution in [2.75, 3.05) is 11.0 Å². The molecule has 1 heterocycles. The standard InChI is InChI=1S/C14H26IN3/c1-3-13(2)18-11-8-14(17-18)12-16-10-7-5-4-6-9-15/h8,11,13,16H,3-7,9-10,12H2,1-2H3. The van der Waals surface area contributed by atoms with Crippen molar-refractivity contribution in [3.8, 4) is 0 Å². The van der Waals surface area contributed by atoms with Gasteiger partial charge in [-0.1, -0.05) is 42.4 Å². The fourth-order valence-electron chi connectivity index (χ4n) is 1.82. The van der Waals surface area contributed by atoms with Crippen molar-refractivity contribution in [3.63, 3.8) is 0 Å². The number of nitrogens with zero attached hydrogens (tertiary/aromatic N) is 2. The van der Waals surface area contributed by atoms with E-state index in [0.29, 0.717) is 6.04 Å². The van der Waals surface area contributed by atoms with Crippen molar-refractivity contribution in [2.45, 2.75) is 58.5 Å². The Hall–Kier alpha value is -0.100. The molecular formula is C14H26IN3. The van der Waals surface area contributed by atoms with E-state index in [9.17, 15) is 0 Å². The smallest absolute Gasteiger partial charge is 0.0762 e. The van der Waals surface area contributed by atoms with Crippen LogP contribution in [0.2, 0.25) is 0 Å². The van der Waals surface area contributed by atoms with Gasteiger partial charge in [0, 0.05) is 18.8 Å². The topological polar surface area (TPSA) is 29.9 Å². The monoisotopic (exact) mass is 363 g/mol. The Morgan fingerprint density at radius 1 is 1.33 bits per heavy atom. The Balaban J connectivity index is 2.10. The fourth-order valence-corrected chi connectivity index (χ4v) is 2.36. The van der Waals surface area contributed by atoms with E-state index in [1.54, 1.807) is 0 Å². The van der Waals surface area contributed by atoms with Gasteiger partial charge in [-0.05, 0) is 43.2 Å². The summed E-state index contributed by atoms with van der Waals surface area (Å²) in [6.45, 7) is 6.41. The first-order chi connectivity index (χ1) is 8.77. The summed E-state index contributed by atoms with van der Waals surface area (Å²) >= 11 is 2.45. The predicted molar refractivity (Wildman–Crippen MR) is 86.3 cm³/mol. The van der Waals surface area contributed by atoms with Gasteiger partial charge in [0.25, 0.3) is 0 Å². The van der Waals surface area contributed by atoms with Crippen molar-refractivity contribution in [2.24, 2.45) is 0 Å². The van der Waals surface area contributed by atoms with E-state index in [1.165, 1.54) is 30.1 Å². The van der Waals surface area contributed by atoms with Gasteiger partial charge < -0.3 is 5.32 Å². The summed E-state index contributed by atoms with van der Waals surface area (Å²) < 4.78 is 3.36. The molecule has 0 aromatic carbocycles. The van der Waals surface area contributed by atoms with Crippen LogP contribution in [0.3, 0.4) is 0 Å². The molecule has 0 aliphatic heterocycles. The number of alkyl halides is 1. The van der Waals surface area contributed by atoms with Crippen LogP contribution in [0, 0.1) is 0 Å². The van der Waals surface area contributed by atoms with E-state index in [0.717, 1.165) is 25.2 Å². The number of hydrogen-bond donors (Lipinski definition) is 1. The first-order valence-corrected chi connectivity index (χ1v) is 8.61. The second-order valence-corrected chi connectivity index (χ2v) is 5.90. The third-order valence-electron chi connectivity index (χ3n) is 3.25. The van der Waals surface area contributed by atoms with Crippen molar-refractivity contribution in [1.82, 2.24) is 15.1 Å². The molecule has 0 radical (unpaired) electrons. The fraction of sp³-hybridized carbons (Fsp3) is 0.786.